The third-order valence-electron chi connectivity index (χ3n) is 5.91. The van der Waals surface area contributed by atoms with Crippen LogP contribution >= 0.6 is 0 Å². The Morgan fingerprint density at radius 3 is 2.40 bits per heavy atom. The zero-order valence-corrected chi connectivity index (χ0v) is 18.4. The molecule has 0 saturated carbocycles. The van der Waals surface area contributed by atoms with Gasteiger partial charge in [0.05, 0.1) is 24.1 Å². The first-order valence-corrected chi connectivity index (χ1v) is 10.7. The lowest BCUT2D eigenvalue weighted by Gasteiger charge is -2.36. The molecule has 2 aromatic rings. The number of aryl methyl sites for hydroxylation is 2. The van der Waals surface area contributed by atoms with Gasteiger partial charge in [-0.15, -0.1) is 0 Å². The number of rotatable bonds is 8. The van der Waals surface area contributed by atoms with Gasteiger partial charge in [0.1, 0.15) is 12.1 Å². The number of hydrogen-bond acceptors (Lipinski definition) is 6. The molecule has 162 valence electrons. The second kappa shape index (κ2) is 10.4. The molecule has 1 fully saturated rings. The molecule has 1 unspecified atom stereocenters. The molecule has 1 aliphatic heterocycles. The highest BCUT2D eigenvalue weighted by Crippen LogP contribution is 2.21. The van der Waals surface area contributed by atoms with E-state index in [9.17, 15) is 4.79 Å². The molecule has 1 aromatic carbocycles. The maximum Gasteiger partial charge on any atom is 0.254 e. The zero-order chi connectivity index (χ0) is 21.5. The Hall–Kier alpha value is -2.67. The van der Waals surface area contributed by atoms with Crippen molar-refractivity contribution in [3.05, 3.63) is 47.5 Å². The van der Waals surface area contributed by atoms with Crippen molar-refractivity contribution in [1.29, 1.82) is 0 Å². The summed E-state index contributed by atoms with van der Waals surface area (Å²) in [5, 5.41) is 6.66. The summed E-state index contributed by atoms with van der Waals surface area (Å²) in [6, 6.07) is 9.03. The van der Waals surface area contributed by atoms with E-state index in [-0.39, 0.29) is 5.91 Å². The van der Waals surface area contributed by atoms with Crippen LogP contribution in [0.4, 0.5) is 5.69 Å². The SMILES string of the molecule is COc1ccc(NC2CCN(C(C)CCNC(=O)c3c(C)ncnc3C)CC2)cc1. The monoisotopic (exact) mass is 411 g/mol. The number of carbonyl (C=O) groups is 1. The number of aromatic nitrogens is 2. The standard InChI is InChI=1S/C23H33N5O2/c1-16(9-12-24-23(29)22-17(2)25-15-26-18(22)3)28-13-10-20(11-14-28)27-19-5-7-21(30-4)8-6-19/h5-8,15-16,20,27H,9-14H2,1-4H3,(H,24,29). The highest BCUT2D eigenvalue weighted by Gasteiger charge is 2.23. The Labute approximate surface area is 179 Å². The number of likely N-dealkylation sites (tertiary alicyclic amines) is 1. The van der Waals surface area contributed by atoms with Crippen LogP contribution in [-0.2, 0) is 0 Å². The van der Waals surface area contributed by atoms with Crippen molar-refractivity contribution in [1.82, 2.24) is 20.2 Å². The van der Waals surface area contributed by atoms with Crippen LogP contribution < -0.4 is 15.4 Å². The van der Waals surface area contributed by atoms with E-state index in [1.165, 1.54) is 6.33 Å². The van der Waals surface area contributed by atoms with Crippen LogP contribution in [0.15, 0.2) is 30.6 Å². The maximum absolute atomic E-state index is 12.5. The number of methoxy groups -OCH3 is 1. The zero-order valence-electron chi connectivity index (χ0n) is 18.4. The normalized spacial score (nSPS) is 16.1. The van der Waals surface area contributed by atoms with Gasteiger partial charge in [0.25, 0.3) is 5.91 Å². The van der Waals surface area contributed by atoms with Gasteiger partial charge in [-0.3, -0.25) is 4.79 Å². The van der Waals surface area contributed by atoms with E-state index in [0.29, 0.717) is 24.2 Å². The molecule has 3 rings (SSSR count). The molecule has 0 spiro atoms. The molecule has 1 aliphatic rings. The van der Waals surface area contributed by atoms with Crippen LogP contribution in [0.25, 0.3) is 0 Å². The molecule has 7 heteroatoms. The Balaban J connectivity index is 1.39. The van der Waals surface area contributed by atoms with E-state index in [2.05, 4.69) is 44.6 Å². The Morgan fingerprint density at radius 1 is 1.17 bits per heavy atom. The molecule has 2 heterocycles. The highest BCUT2D eigenvalue weighted by molar-refractivity contribution is 5.96. The van der Waals surface area contributed by atoms with E-state index < -0.39 is 0 Å². The van der Waals surface area contributed by atoms with Crippen LogP contribution in [0.1, 0.15) is 47.9 Å². The van der Waals surface area contributed by atoms with E-state index in [1.807, 2.05) is 26.0 Å². The van der Waals surface area contributed by atoms with Crippen molar-refractivity contribution in [3.8, 4) is 5.75 Å². The largest absolute Gasteiger partial charge is 0.497 e. The predicted octanol–water partition coefficient (Wildman–Crippen LogP) is 3.19. The second-order valence-electron chi connectivity index (χ2n) is 8.00. The lowest BCUT2D eigenvalue weighted by atomic mass is 10.0. The van der Waals surface area contributed by atoms with Crippen LogP contribution in [0.5, 0.6) is 5.75 Å². The van der Waals surface area contributed by atoms with Gasteiger partial charge in [-0.2, -0.15) is 0 Å². The average Bonchev–Trinajstić information content (AvgIpc) is 2.74. The first-order chi connectivity index (χ1) is 14.5. The molecule has 0 radical (unpaired) electrons. The quantitative estimate of drug-likeness (QED) is 0.695. The minimum atomic E-state index is -0.0831. The van der Waals surface area contributed by atoms with Crippen molar-refractivity contribution in [2.75, 3.05) is 32.1 Å². The number of nitrogens with one attached hydrogen (secondary N) is 2. The Morgan fingerprint density at radius 2 is 1.80 bits per heavy atom. The lowest BCUT2D eigenvalue weighted by molar-refractivity contribution is 0.0943. The molecule has 1 amide bonds. The molecule has 30 heavy (non-hydrogen) atoms. The van der Waals surface area contributed by atoms with Crippen molar-refractivity contribution in [2.45, 2.75) is 52.1 Å². The molecular weight excluding hydrogens is 378 g/mol. The van der Waals surface area contributed by atoms with Gasteiger partial charge in [-0.25, -0.2) is 9.97 Å². The van der Waals surface area contributed by atoms with Gasteiger partial charge < -0.3 is 20.3 Å². The molecular formula is C23H33N5O2. The number of ether oxygens (including phenoxy) is 1. The maximum atomic E-state index is 12.5. The number of nitrogens with zero attached hydrogens (tertiary/aromatic N) is 3. The van der Waals surface area contributed by atoms with Crippen LogP contribution in [0.2, 0.25) is 0 Å². The molecule has 2 N–H and O–H groups in total. The molecule has 0 aliphatic carbocycles. The molecule has 0 bridgehead atoms. The third-order valence-corrected chi connectivity index (χ3v) is 5.91. The van der Waals surface area contributed by atoms with Crippen molar-refractivity contribution in [3.63, 3.8) is 0 Å². The summed E-state index contributed by atoms with van der Waals surface area (Å²) in [6.45, 7) is 8.71. The van der Waals surface area contributed by atoms with Crippen LogP contribution in [-0.4, -0.2) is 59.6 Å². The minimum Gasteiger partial charge on any atom is -0.497 e. The Kier molecular flexibility index (Phi) is 7.63. The summed E-state index contributed by atoms with van der Waals surface area (Å²) in [5.41, 5.74) is 3.18. The van der Waals surface area contributed by atoms with E-state index >= 15 is 0 Å². The molecule has 7 nitrogen and oxygen atoms in total. The summed E-state index contributed by atoms with van der Waals surface area (Å²) in [7, 11) is 1.68. The molecule has 1 saturated heterocycles. The number of anilines is 1. The van der Waals surface area contributed by atoms with Gasteiger partial charge in [0.15, 0.2) is 0 Å². The van der Waals surface area contributed by atoms with Crippen molar-refractivity contribution in [2.24, 2.45) is 0 Å². The van der Waals surface area contributed by atoms with Gasteiger partial charge in [0, 0.05) is 37.4 Å². The van der Waals surface area contributed by atoms with Crippen molar-refractivity contribution < 1.29 is 9.53 Å². The van der Waals surface area contributed by atoms with E-state index in [0.717, 1.165) is 55.2 Å². The summed E-state index contributed by atoms with van der Waals surface area (Å²) in [6.07, 6.45) is 4.65. The van der Waals surface area contributed by atoms with Gasteiger partial charge in [-0.1, -0.05) is 0 Å². The fourth-order valence-electron chi connectivity index (χ4n) is 3.99. The van der Waals surface area contributed by atoms with Crippen molar-refractivity contribution >= 4 is 11.6 Å². The summed E-state index contributed by atoms with van der Waals surface area (Å²) in [4.78, 5) is 23.3. The molecule has 1 atom stereocenters. The van der Waals surface area contributed by atoms with E-state index in [4.69, 9.17) is 4.74 Å². The lowest BCUT2D eigenvalue weighted by Crippen LogP contribution is -2.44. The summed E-state index contributed by atoms with van der Waals surface area (Å²) >= 11 is 0. The minimum absolute atomic E-state index is 0.0831. The number of carbonyl (C=O) groups excluding carboxylic acids is 1. The number of benzene rings is 1. The van der Waals surface area contributed by atoms with E-state index in [1.54, 1.807) is 7.11 Å². The second-order valence-corrected chi connectivity index (χ2v) is 8.00. The number of piperidine rings is 1. The highest BCUT2D eigenvalue weighted by atomic mass is 16.5. The van der Waals surface area contributed by atoms with Gasteiger partial charge in [-0.05, 0) is 64.3 Å². The summed E-state index contributed by atoms with van der Waals surface area (Å²) in [5.74, 6) is 0.793. The summed E-state index contributed by atoms with van der Waals surface area (Å²) < 4.78 is 5.22. The molecule has 1 aromatic heterocycles. The number of hydrogen-bond donors (Lipinski definition) is 2. The van der Waals surface area contributed by atoms with Gasteiger partial charge in [0.2, 0.25) is 0 Å². The Bertz CT molecular complexity index is 812. The first-order valence-electron chi connectivity index (χ1n) is 10.7. The van der Waals surface area contributed by atoms with Crippen LogP contribution in [0.3, 0.4) is 0 Å². The first kappa shape index (κ1) is 22.0. The topological polar surface area (TPSA) is 79.4 Å². The fourth-order valence-corrected chi connectivity index (χ4v) is 3.99. The van der Waals surface area contributed by atoms with Gasteiger partial charge >= 0.3 is 0 Å². The van der Waals surface area contributed by atoms with Crippen LogP contribution in [0, 0.1) is 13.8 Å². The average molecular weight is 412 g/mol. The smallest absolute Gasteiger partial charge is 0.254 e. The fraction of sp³-hybridized carbons (Fsp3) is 0.522. The third kappa shape index (κ3) is 5.69. The number of amides is 1. The predicted molar refractivity (Wildman–Crippen MR) is 119 cm³/mol.